The number of urea groups is 1. The van der Waals surface area contributed by atoms with E-state index >= 15 is 0 Å². The van der Waals surface area contributed by atoms with Crippen molar-refractivity contribution in [3.8, 4) is 0 Å². The van der Waals surface area contributed by atoms with Gasteiger partial charge in [0.15, 0.2) is 6.17 Å². The van der Waals surface area contributed by atoms with E-state index in [2.05, 4.69) is 10.6 Å². The lowest BCUT2D eigenvalue weighted by Crippen LogP contribution is -2.65. The summed E-state index contributed by atoms with van der Waals surface area (Å²) in [4.78, 5) is 43.5. The molecule has 8 nitrogen and oxygen atoms in total. The van der Waals surface area contributed by atoms with Crippen molar-refractivity contribution in [1.82, 2.24) is 15.1 Å². The molecule has 4 N–H and O–H groups in total. The average Bonchev–Trinajstić information content (AvgIpc) is 2.86. The van der Waals surface area contributed by atoms with Crippen molar-refractivity contribution in [2.24, 2.45) is 5.73 Å². The molecule has 0 radical (unpaired) electrons. The molecule has 0 spiro atoms. The van der Waals surface area contributed by atoms with Crippen molar-refractivity contribution in [2.75, 3.05) is 18.4 Å². The first-order valence-electron chi connectivity index (χ1n) is 12.4. The van der Waals surface area contributed by atoms with E-state index < -0.39 is 12.2 Å². The molecule has 1 heterocycles. The van der Waals surface area contributed by atoms with Gasteiger partial charge in [0.1, 0.15) is 0 Å². The fraction of sp³-hybridized carbons (Fsp3) is 0.444. The van der Waals surface area contributed by atoms with Crippen molar-refractivity contribution >= 4 is 23.5 Å². The van der Waals surface area contributed by atoms with Crippen molar-refractivity contribution in [1.29, 1.82) is 0 Å². The number of nitrogens with zero attached hydrogens (tertiary/aromatic N) is 2. The van der Waals surface area contributed by atoms with Crippen LogP contribution in [0.3, 0.4) is 0 Å². The Kier molecular flexibility index (Phi) is 7.70. The standard InChI is InChI=1S/C27H35N5O3/c1-18-7-11-23(12-8-18)30-27(35)32-16-4-15-31(26(34)20-6-3-5-19(2)17-20)25(32)24(33)29-22-13-9-21(28)10-14-22/h3,5-8,11-12,17,21-22,25H,4,9-10,13-16,28H2,1-2H3,(H,29,33)(H,30,35). The number of nitrogens with two attached hydrogens (primary N) is 1. The normalized spacial score (nSPS) is 22.4. The SMILES string of the molecule is Cc1ccc(NC(=O)N2CCCN(C(=O)c3cccc(C)c3)C2C(=O)NC2CCC(N)CC2)cc1. The van der Waals surface area contributed by atoms with Gasteiger partial charge in [-0.2, -0.15) is 0 Å². The highest BCUT2D eigenvalue weighted by molar-refractivity contribution is 6.00. The van der Waals surface area contributed by atoms with Crippen LogP contribution < -0.4 is 16.4 Å². The van der Waals surface area contributed by atoms with Crippen LogP contribution in [0.1, 0.15) is 53.6 Å². The molecule has 1 saturated heterocycles. The summed E-state index contributed by atoms with van der Waals surface area (Å²) < 4.78 is 0. The van der Waals surface area contributed by atoms with Crippen molar-refractivity contribution in [3.63, 3.8) is 0 Å². The summed E-state index contributed by atoms with van der Waals surface area (Å²) in [7, 11) is 0. The Morgan fingerprint density at radius 2 is 1.57 bits per heavy atom. The van der Waals surface area contributed by atoms with Gasteiger partial charge in [0.2, 0.25) is 0 Å². The molecular formula is C27H35N5O3. The number of carbonyl (C=O) groups excluding carboxylic acids is 3. The number of aryl methyl sites for hydroxylation is 2. The zero-order chi connectivity index (χ0) is 24.9. The Hall–Kier alpha value is -3.39. The first-order chi connectivity index (χ1) is 16.8. The van der Waals surface area contributed by atoms with Crippen LogP contribution in [-0.2, 0) is 4.79 Å². The van der Waals surface area contributed by atoms with Crippen molar-refractivity contribution in [3.05, 3.63) is 65.2 Å². The number of rotatable bonds is 4. The second-order valence-electron chi connectivity index (χ2n) is 9.71. The molecule has 1 unspecified atom stereocenters. The quantitative estimate of drug-likeness (QED) is 0.627. The van der Waals surface area contributed by atoms with Gasteiger partial charge in [0, 0.05) is 36.4 Å². The molecule has 1 atom stereocenters. The van der Waals surface area contributed by atoms with Gasteiger partial charge in [-0.25, -0.2) is 4.79 Å². The Morgan fingerprint density at radius 1 is 0.886 bits per heavy atom. The largest absolute Gasteiger partial charge is 0.350 e. The summed E-state index contributed by atoms with van der Waals surface area (Å²) >= 11 is 0. The van der Waals surface area contributed by atoms with E-state index in [4.69, 9.17) is 5.73 Å². The smallest absolute Gasteiger partial charge is 0.323 e. The Balaban J connectivity index is 1.59. The second kappa shape index (κ2) is 10.9. The Morgan fingerprint density at radius 3 is 2.26 bits per heavy atom. The van der Waals surface area contributed by atoms with Gasteiger partial charge in [0.05, 0.1) is 0 Å². The van der Waals surface area contributed by atoms with Crippen LogP contribution >= 0.6 is 0 Å². The molecule has 4 rings (SSSR count). The molecule has 0 aromatic heterocycles. The molecule has 2 aromatic rings. The molecule has 186 valence electrons. The van der Waals surface area contributed by atoms with Crippen LogP contribution in [0.25, 0.3) is 0 Å². The molecule has 8 heteroatoms. The zero-order valence-corrected chi connectivity index (χ0v) is 20.5. The maximum atomic E-state index is 13.6. The van der Waals surface area contributed by atoms with E-state index in [9.17, 15) is 14.4 Å². The first kappa shape index (κ1) is 24.7. The minimum Gasteiger partial charge on any atom is -0.350 e. The fourth-order valence-corrected chi connectivity index (χ4v) is 4.85. The van der Waals surface area contributed by atoms with Crippen LogP contribution in [0.15, 0.2) is 48.5 Å². The minimum atomic E-state index is -1.03. The first-order valence-corrected chi connectivity index (χ1v) is 12.4. The van der Waals surface area contributed by atoms with Crippen LogP contribution in [0.2, 0.25) is 0 Å². The number of carbonyl (C=O) groups is 3. The monoisotopic (exact) mass is 477 g/mol. The van der Waals surface area contributed by atoms with Gasteiger partial charge in [-0.15, -0.1) is 0 Å². The summed E-state index contributed by atoms with van der Waals surface area (Å²) in [5.41, 5.74) is 9.22. The number of benzene rings is 2. The predicted molar refractivity (Wildman–Crippen MR) is 136 cm³/mol. The maximum Gasteiger partial charge on any atom is 0.323 e. The Labute approximate surface area is 206 Å². The summed E-state index contributed by atoms with van der Waals surface area (Å²) in [5.74, 6) is -0.586. The fourth-order valence-electron chi connectivity index (χ4n) is 4.85. The molecule has 2 aromatic carbocycles. The highest BCUT2D eigenvalue weighted by Gasteiger charge is 2.41. The van der Waals surface area contributed by atoms with Gasteiger partial charge in [-0.3, -0.25) is 14.5 Å². The van der Waals surface area contributed by atoms with E-state index in [1.165, 1.54) is 9.80 Å². The van der Waals surface area contributed by atoms with Crippen LogP contribution in [-0.4, -0.2) is 59.0 Å². The number of anilines is 1. The van der Waals surface area contributed by atoms with Gasteiger partial charge < -0.3 is 21.3 Å². The Bertz CT molecular complexity index is 1060. The van der Waals surface area contributed by atoms with Crippen LogP contribution in [0.4, 0.5) is 10.5 Å². The van der Waals surface area contributed by atoms with Crippen LogP contribution in [0, 0.1) is 13.8 Å². The molecular weight excluding hydrogens is 442 g/mol. The maximum absolute atomic E-state index is 13.6. The van der Waals surface area contributed by atoms with Gasteiger partial charge in [-0.05, 0) is 70.2 Å². The van der Waals surface area contributed by atoms with Gasteiger partial charge in [0.25, 0.3) is 11.8 Å². The average molecular weight is 478 g/mol. The highest BCUT2D eigenvalue weighted by Crippen LogP contribution is 2.23. The highest BCUT2D eigenvalue weighted by atomic mass is 16.2. The van der Waals surface area contributed by atoms with E-state index in [0.717, 1.165) is 36.8 Å². The topological polar surface area (TPSA) is 108 Å². The number of nitrogens with one attached hydrogen (secondary N) is 2. The lowest BCUT2D eigenvalue weighted by Gasteiger charge is -2.43. The zero-order valence-electron chi connectivity index (χ0n) is 20.5. The summed E-state index contributed by atoms with van der Waals surface area (Å²) in [6.07, 6.45) is 2.83. The number of hydrogen-bond acceptors (Lipinski definition) is 4. The van der Waals surface area contributed by atoms with E-state index in [1.54, 1.807) is 6.07 Å². The van der Waals surface area contributed by atoms with Gasteiger partial charge in [-0.1, -0.05) is 35.4 Å². The lowest BCUT2D eigenvalue weighted by molar-refractivity contribution is -0.133. The van der Waals surface area contributed by atoms with E-state index in [1.807, 2.05) is 56.3 Å². The van der Waals surface area contributed by atoms with Crippen molar-refractivity contribution < 1.29 is 14.4 Å². The summed E-state index contributed by atoms with van der Waals surface area (Å²) in [6, 6.07) is 14.5. The third-order valence-corrected chi connectivity index (χ3v) is 6.83. The van der Waals surface area contributed by atoms with Crippen molar-refractivity contribution in [2.45, 2.75) is 64.2 Å². The molecule has 35 heavy (non-hydrogen) atoms. The minimum absolute atomic E-state index is 0.0119. The second-order valence-corrected chi connectivity index (χ2v) is 9.71. The van der Waals surface area contributed by atoms with E-state index in [-0.39, 0.29) is 23.9 Å². The third kappa shape index (κ3) is 6.00. The van der Waals surface area contributed by atoms with Crippen LogP contribution in [0.5, 0.6) is 0 Å². The predicted octanol–water partition coefficient (Wildman–Crippen LogP) is 3.40. The molecule has 0 bridgehead atoms. The lowest BCUT2D eigenvalue weighted by atomic mass is 9.91. The molecule has 2 fully saturated rings. The molecule has 1 aliphatic carbocycles. The third-order valence-electron chi connectivity index (χ3n) is 6.83. The molecule has 4 amide bonds. The summed E-state index contributed by atoms with van der Waals surface area (Å²) in [6.45, 7) is 4.67. The molecule has 1 aliphatic heterocycles. The van der Waals surface area contributed by atoms with Gasteiger partial charge >= 0.3 is 6.03 Å². The molecule has 2 aliphatic rings. The number of hydrogen-bond donors (Lipinski definition) is 3. The molecule has 1 saturated carbocycles. The summed E-state index contributed by atoms with van der Waals surface area (Å²) in [5, 5.41) is 6.00. The van der Waals surface area contributed by atoms with E-state index in [0.29, 0.717) is 30.8 Å². The number of amides is 4.